The molecule has 2 unspecified atom stereocenters. The first-order valence-corrected chi connectivity index (χ1v) is 6.83. The van der Waals surface area contributed by atoms with Gasteiger partial charge < -0.3 is 10.1 Å². The standard InChI is InChI=1S/C12H20N2OS/c1-9-4-3-5-11(9)13-6-10-8-16-12(14-10)7-15-2/h8-9,11,13H,3-7H2,1-2H3. The molecule has 2 rings (SSSR count). The van der Waals surface area contributed by atoms with E-state index >= 15 is 0 Å². The summed E-state index contributed by atoms with van der Waals surface area (Å²) in [6.45, 7) is 3.86. The second-order valence-electron chi connectivity index (χ2n) is 4.56. The van der Waals surface area contributed by atoms with Crippen LogP contribution in [0, 0.1) is 5.92 Å². The van der Waals surface area contributed by atoms with Crippen LogP contribution < -0.4 is 5.32 Å². The fraction of sp³-hybridized carbons (Fsp3) is 0.750. The van der Waals surface area contributed by atoms with Crippen LogP contribution in [0.15, 0.2) is 5.38 Å². The van der Waals surface area contributed by atoms with E-state index in [2.05, 4.69) is 22.6 Å². The van der Waals surface area contributed by atoms with E-state index in [1.165, 1.54) is 19.3 Å². The zero-order chi connectivity index (χ0) is 11.4. The lowest BCUT2D eigenvalue weighted by Gasteiger charge is -2.16. The van der Waals surface area contributed by atoms with Crippen LogP contribution in [0.1, 0.15) is 36.9 Å². The van der Waals surface area contributed by atoms with E-state index in [0.717, 1.165) is 23.2 Å². The van der Waals surface area contributed by atoms with Crippen molar-refractivity contribution < 1.29 is 4.74 Å². The fourth-order valence-corrected chi connectivity index (χ4v) is 3.07. The van der Waals surface area contributed by atoms with Gasteiger partial charge in [-0.2, -0.15) is 0 Å². The SMILES string of the molecule is COCc1nc(CNC2CCCC2C)cs1. The summed E-state index contributed by atoms with van der Waals surface area (Å²) in [6.07, 6.45) is 4.05. The third-order valence-corrected chi connectivity index (χ3v) is 4.15. The normalized spacial score (nSPS) is 25.1. The van der Waals surface area contributed by atoms with Crippen molar-refractivity contribution in [3.8, 4) is 0 Å². The smallest absolute Gasteiger partial charge is 0.119 e. The fourth-order valence-electron chi connectivity index (χ4n) is 2.30. The summed E-state index contributed by atoms with van der Waals surface area (Å²) in [7, 11) is 1.71. The van der Waals surface area contributed by atoms with E-state index in [-0.39, 0.29) is 0 Å². The molecule has 3 nitrogen and oxygen atoms in total. The Labute approximate surface area is 101 Å². The Bertz CT molecular complexity index is 327. The van der Waals surface area contributed by atoms with Crippen LogP contribution in [0.4, 0.5) is 0 Å². The van der Waals surface area contributed by atoms with Crippen molar-refractivity contribution >= 4 is 11.3 Å². The summed E-state index contributed by atoms with van der Waals surface area (Å²) in [5, 5.41) is 6.80. The van der Waals surface area contributed by atoms with Gasteiger partial charge in [0, 0.05) is 25.1 Å². The molecule has 1 fully saturated rings. The number of hydrogen-bond donors (Lipinski definition) is 1. The minimum absolute atomic E-state index is 0.629. The first-order valence-electron chi connectivity index (χ1n) is 5.95. The summed E-state index contributed by atoms with van der Waals surface area (Å²) in [6, 6.07) is 0.688. The van der Waals surface area contributed by atoms with Crippen LogP contribution in [-0.4, -0.2) is 18.1 Å². The highest BCUT2D eigenvalue weighted by atomic mass is 32.1. The van der Waals surface area contributed by atoms with E-state index < -0.39 is 0 Å². The molecule has 0 bridgehead atoms. The van der Waals surface area contributed by atoms with E-state index in [1.807, 2.05) is 0 Å². The summed E-state index contributed by atoms with van der Waals surface area (Å²) in [5.41, 5.74) is 1.15. The highest BCUT2D eigenvalue weighted by molar-refractivity contribution is 7.09. The maximum Gasteiger partial charge on any atom is 0.119 e. The largest absolute Gasteiger partial charge is 0.378 e. The zero-order valence-corrected chi connectivity index (χ0v) is 10.8. The maximum atomic E-state index is 5.06. The molecule has 0 radical (unpaired) electrons. The second-order valence-corrected chi connectivity index (χ2v) is 5.50. The number of thiazole rings is 1. The van der Waals surface area contributed by atoms with E-state index in [4.69, 9.17) is 4.74 Å². The Hall–Kier alpha value is -0.450. The number of rotatable bonds is 5. The molecule has 1 aliphatic rings. The van der Waals surface area contributed by atoms with Gasteiger partial charge in [0.1, 0.15) is 5.01 Å². The minimum Gasteiger partial charge on any atom is -0.378 e. The molecule has 0 aliphatic heterocycles. The Kier molecular flexibility index (Phi) is 4.32. The van der Waals surface area contributed by atoms with Crippen molar-refractivity contribution in [2.75, 3.05) is 7.11 Å². The van der Waals surface area contributed by atoms with Gasteiger partial charge >= 0.3 is 0 Å². The van der Waals surface area contributed by atoms with Gasteiger partial charge in [0.25, 0.3) is 0 Å². The molecular formula is C12H20N2OS. The topological polar surface area (TPSA) is 34.1 Å². The molecule has 4 heteroatoms. The first-order chi connectivity index (χ1) is 7.79. The molecule has 1 aliphatic carbocycles. The van der Waals surface area contributed by atoms with Gasteiger partial charge in [-0.15, -0.1) is 11.3 Å². The molecule has 0 spiro atoms. The lowest BCUT2D eigenvalue weighted by atomic mass is 10.1. The summed E-state index contributed by atoms with van der Waals surface area (Å²) < 4.78 is 5.06. The second kappa shape index (κ2) is 5.75. The zero-order valence-electron chi connectivity index (χ0n) is 10.0. The monoisotopic (exact) mass is 240 g/mol. The van der Waals surface area contributed by atoms with Crippen LogP contribution in [0.5, 0.6) is 0 Å². The van der Waals surface area contributed by atoms with Crippen molar-refractivity contribution in [3.63, 3.8) is 0 Å². The molecule has 0 saturated heterocycles. The summed E-state index contributed by atoms with van der Waals surface area (Å²) in [4.78, 5) is 4.52. The quantitative estimate of drug-likeness (QED) is 0.859. The van der Waals surface area contributed by atoms with Crippen molar-refractivity contribution in [2.24, 2.45) is 5.92 Å². The van der Waals surface area contributed by atoms with Crippen LogP contribution in [0.25, 0.3) is 0 Å². The number of methoxy groups -OCH3 is 1. The predicted molar refractivity (Wildman–Crippen MR) is 66.5 cm³/mol. The molecule has 1 heterocycles. The number of hydrogen-bond acceptors (Lipinski definition) is 4. The van der Waals surface area contributed by atoms with E-state index in [9.17, 15) is 0 Å². The van der Waals surface area contributed by atoms with Gasteiger partial charge in [-0.3, -0.25) is 0 Å². The average molecular weight is 240 g/mol. The molecule has 1 N–H and O–H groups in total. The number of nitrogens with one attached hydrogen (secondary N) is 1. The van der Waals surface area contributed by atoms with Crippen LogP contribution in [0.3, 0.4) is 0 Å². The molecular weight excluding hydrogens is 220 g/mol. The van der Waals surface area contributed by atoms with Crippen molar-refractivity contribution in [1.29, 1.82) is 0 Å². The first kappa shape index (κ1) is 12.0. The lowest BCUT2D eigenvalue weighted by Crippen LogP contribution is -2.30. The van der Waals surface area contributed by atoms with Gasteiger partial charge in [0.15, 0.2) is 0 Å². The third-order valence-electron chi connectivity index (χ3n) is 3.27. The Balaban J connectivity index is 1.80. The Morgan fingerprint density at radius 1 is 1.56 bits per heavy atom. The summed E-state index contributed by atoms with van der Waals surface area (Å²) in [5.74, 6) is 0.817. The van der Waals surface area contributed by atoms with E-state index in [0.29, 0.717) is 12.6 Å². The highest BCUT2D eigenvalue weighted by Crippen LogP contribution is 2.25. The molecule has 0 aromatic carbocycles. The molecule has 1 aromatic heterocycles. The average Bonchev–Trinajstić information content (AvgIpc) is 2.86. The molecule has 90 valence electrons. The molecule has 2 atom stereocenters. The molecule has 16 heavy (non-hydrogen) atoms. The lowest BCUT2D eigenvalue weighted by molar-refractivity contribution is 0.184. The van der Waals surface area contributed by atoms with Gasteiger partial charge in [-0.1, -0.05) is 13.3 Å². The van der Waals surface area contributed by atoms with Crippen LogP contribution in [0.2, 0.25) is 0 Å². The van der Waals surface area contributed by atoms with Gasteiger partial charge in [0.2, 0.25) is 0 Å². The van der Waals surface area contributed by atoms with Crippen molar-refractivity contribution in [2.45, 2.75) is 45.4 Å². The van der Waals surface area contributed by atoms with Gasteiger partial charge in [0.05, 0.1) is 12.3 Å². The van der Waals surface area contributed by atoms with E-state index in [1.54, 1.807) is 18.4 Å². The van der Waals surface area contributed by atoms with Gasteiger partial charge in [-0.25, -0.2) is 4.98 Å². The number of aromatic nitrogens is 1. The number of nitrogens with zero attached hydrogens (tertiary/aromatic N) is 1. The van der Waals surface area contributed by atoms with Crippen molar-refractivity contribution in [3.05, 3.63) is 16.1 Å². The van der Waals surface area contributed by atoms with Crippen molar-refractivity contribution in [1.82, 2.24) is 10.3 Å². The molecule has 1 saturated carbocycles. The Morgan fingerprint density at radius 2 is 2.44 bits per heavy atom. The predicted octanol–water partition coefficient (Wildman–Crippen LogP) is 2.57. The van der Waals surface area contributed by atoms with Gasteiger partial charge in [-0.05, 0) is 18.8 Å². The van der Waals surface area contributed by atoms with Crippen LogP contribution >= 0.6 is 11.3 Å². The van der Waals surface area contributed by atoms with Crippen LogP contribution in [-0.2, 0) is 17.9 Å². The molecule has 1 aromatic rings. The summed E-state index contributed by atoms with van der Waals surface area (Å²) >= 11 is 1.68. The highest BCUT2D eigenvalue weighted by Gasteiger charge is 2.22. The Morgan fingerprint density at radius 3 is 3.12 bits per heavy atom. The maximum absolute atomic E-state index is 5.06. The third kappa shape index (κ3) is 3.03. The number of ether oxygens (including phenoxy) is 1. The minimum atomic E-state index is 0.629. The molecule has 0 amide bonds.